The molecule has 0 unspecified atom stereocenters. The molecule has 7 heteroatoms. The number of carbonyl (C=O) groups is 2. The summed E-state index contributed by atoms with van der Waals surface area (Å²) in [6.07, 6.45) is 1.40. The van der Waals surface area contributed by atoms with Crippen molar-refractivity contribution in [2.75, 3.05) is 14.2 Å². The van der Waals surface area contributed by atoms with Gasteiger partial charge >= 0.3 is 11.9 Å². The highest BCUT2D eigenvalue weighted by Crippen LogP contribution is 2.20. The predicted octanol–water partition coefficient (Wildman–Crippen LogP) is 3.13. The van der Waals surface area contributed by atoms with E-state index < -0.39 is 17.5 Å². The zero-order chi connectivity index (χ0) is 18.3. The summed E-state index contributed by atoms with van der Waals surface area (Å²) in [5.41, 5.74) is 0.196. The van der Waals surface area contributed by atoms with Crippen molar-refractivity contribution in [2.45, 2.75) is 26.4 Å². The molecule has 6 nitrogen and oxygen atoms in total. The Bertz CT molecular complexity index is 674. The lowest BCUT2D eigenvalue weighted by atomic mass is 10.0. The van der Waals surface area contributed by atoms with E-state index in [9.17, 15) is 9.59 Å². The van der Waals surface area contributed by atoms with Crippen molar-refractivity contribution < 1.29 is 23.9 Å². The number of halogens is 1. The van der Waals surface area contributed by atoms with Gasteiger partial charge in [-0.2, -0.15) is 0 Å². The molecule has 0 radical (unpaired) electrons. The number of carbonyl (C=O) groups excluding carboxylic acids is 2. The minimum atomic E-state index is -0.675. The molecule has 130 valence electrons. The van der Waals surface area contributed by atoms with Crippen molar-refractivity contribution in [2.24, 2.45) is 5.16 Å². The summed E-state index contributed by atoms with van der Waals surface area (Å²) in [4.78, 5) is 28.6. The molecule has 0 saturated carbocycles. The highest BCUT2D eigenvalue weighted by Gasteiger charge is 2.21. The van der Waals surface area contributed by atoms with Gasteiger partial charge in [0.05, 0.1) is 7.11 Å². The van der Waals surface area contributed by atoms with Crippen LogP contribution in [0, 0.1) is 0 Å². The van der Waals surface area contributed by atoms with Crippen molar-refractivity contribution in [3.63, 3.8) is 0 Å². The molecule has 1 aromatic rings. The lowest BCUT2D eigenvalue weighted by Crippen LogP contribution is -2.24. The van der Waals surface area contributed by atoms with Crippen LogP contribution in [0.25, 0.3) is 6.08 Å². The van der Waals surface area contributed by atoms with Crippen molar-refractivity contribution in [1.82, 2.24) is 0 Å². The Morgan fingerprint density at radius 1 is 1.12 bits per heavy atom. The average Bonchev–Trinajstić information content (AvgIpc) is 2.51. The van der Waals surface area contributed by atoms with Crippen molar-refractivity contribution >= 4 is 35.3 Å². The molecule has 0 aliphatic carbocycles. The molecule has 1 rings (SSSR count). The van der Waals surface area contributed by atoms with Crippen LogP contribution in [0.3, 0.4) is 0 Å². The van der Waals surface area contributed by atoms with Gasteiger partial charge in [-0.1, -0.05) is 41.0 Å². The van der Waals surface area contributed by atoms with Crippen LogP contribution in [0.4, 0.5) is 0 Å². The van der Waals surface area contributed by atoms with Gasteiger partial charge in [-0.05, 0) is 32.4 Å². The summed E-state index contributed by atoms with van der Waals surface area (Å²) < 4.78 is 9.90. The number of hydrogen-bond acceptors (Lipinski definition) is 6. The third kappa shape index (κ3) is 5.70. The Hall–Kier alpha value is -2.34. The molecule has 0 aromatic heterocycles. The minimum Gasteiger partial charge on any atom is -0.464 e. The maximum absolute atomic E-state index is 12.0. The van der Waals surface area contributed by atoms with Gasteiger partial charge in [-0.15, -0.1) is 0 Å². The zero-order valence-corrected chi connectivity index (χ0v) is 15.0. The number of rotatable bonds is 5. The number of oxime groups is 1. The molecule has 0 N–H and O–H groups in total. The summed E-state index contributed by atoms with van der Waals surface area (Å²) in [7, 11) is 2.55. The fourth-order valence-corrected chi connectivity index (χ4v) is 1.90. The van der Waals surface area contributed by atoms with Crippen LogP contribution in [0.2, 0.25) is 0 Å². The number of esters is 2. The van der Waals surface area contributed by atoms with E-state index in [2.05, 4.69) is 5.16 Å². The summed E-state index contributed by atoms with van der Waals surface area (Å²) in [6, 6.07) is 6.76. The van der Waals surface area contributed by atoms with Gasteiger partial charge in [0.15, 0.2) is 5.71 Å². The molecule has 0 saturated heterocycles. The van der Waals surface area contributed by atoms with Crippen LogP contribution < -0.4 is 0 Å². The van der Waals surface area contributed by atoms with Crippen LogP contribution in [-0.4, -0.2) is 37.5 Å². The molecule has 0 spiro atoms. The van der Waals surface area contributed by atoms with E-state index in [1.165, 1.54) is 20.3 Å². The first-order chi connectivity index (χ1) is 11.2. The van der Waals surface area contributed by atoms with Gasteiger partial charge in [-0.3, -0.25) is 0 Å². The molecular weight excluding hydrogens is 334 g/mol. The molecule has 0 atom stereocenters. The normalized spacial score (nSPS) is 12.6. The fourth-order valence-electron chi connectivity index (χ4n) is 1.75. The number of ether oxygens (including phenoxy) is 2. The second-order valence-electron chi connectivity index (χ2n) is 5.70. The van der Waals surface area contributed by atoms with Gasteiger partial charge in [0, 0.05) is 5.56 Å². The largest absolute Gasteiger partial charge is 0.464 e. The van der Waals surface area contributed by atoms with E-state index in [-0.39, 0.29) is 10.7 Å². The number of methoxy groups -OCH3 is 1. The zero-order valence-electron chi connectivity index (χ0n) is 14.3. The van der Waals surface area contributed by atoms with E-state index in [0.29, 0.717) is 11.1 Å². The third-order valence-corrected chi connectivity index (χ3v) is 2.92. The van der Waals surface area contributed by atoms with E-state index >= 15 is 0 Å². The lowest BCUT2D eigenvalue weighted by molar-refractivity contribution is -0.148. The van der Waals surface area contributed by atoms with Gasteiger partial charge in [0.1, 0.15) is 17.7 Å². The summed E-state index contributed by atoms with van der Waals surface area (Å²) >= 11 is 6.04. The topological polar surface area (TPSA) is 74.2 Å². The van der Waals surface area contributed by atoms with Crippen molar-refractivity contribution in [1.29, 1.82) is 0 Å². The van der Waals surface area contributed by atoms with E-state index in [4.69, 9.17) is 25.9 Å². The monoisotopic (exact) mass is 353 g/mol. The summed E-state index contributed by atoms with van der Waals surface area (Å²) in [5.74, 6) is -1.34. The lowest BCUT2D eigenvalue weighted by Gasteiger charge is -2.19. The van der Waals surface area contributed by atoms with E-state index in [1.54, 1.807) is 45.0 Å². The number of benzene rings is 1. The third-order valence-electron chi connectivity index (χ3n) is 2.65. The standard InChI is InChI=1S/C17H20ClNO5/c1-17(2,3)24-15(20)13(18)10-11-8-6-7-9-12(11)14(19-23-5)16(21)22-4/h6-10H,1-5H3. The Labute approximate surface area is 146 Å². The maximum Gasteiger partial charge on any atom is 0.360 e. The Morgan fingerprint density at radius 3 is 2.29 bits per heavy atom. The number of hydrogen-bond donors (Lipinski definition) is 0. The summed E-state index contributed by atoms with van der Waals surface area (Å²) in [5, 5.41) is 3.57. The molecule has 0 amide bonds. The highest BCUT2D eigenvalue weighted by atomic mass is 35.5. The first-order valence-corrected chi connectivity index (χ1v) is 7.46. The average molecular weight is 354 g/mol. The quantitative estimate of drug-likeness (QED) is 0.352. The van der Waals surface area contributed by atoms with E-state index in [1.807, 2.05) is 0 Å². The molecule has 24 heavy (non-hydrogen) atoms. The fraction of sp³-hybridized carbons (Fsp3) is 0.353. The molecular formula is C17H20ClNO5. The van der Waals surface area contributed by atoms with Crippen LogP contribution in [0.5, 0.6) is 0 Å². The second kappa shape index (κ2) is 8.49. The smallest absolute Gasteiger partial charge is 0.360 e. The first-order valence-electron chi connectivity index (χ1n) is 7.09. The van der Waals surface area contributed by atoms with Crippen LogP contribution >= 0.6 is 11.6 Å². The van der Waals surface area contributed by atoms with Crippen molar-refractivity contribution in [3.05, 3.63) is 40.4 Å². The van der Waals surface area contributed by atoms with Crippen LogP contribution in [0.1, 0.15) is 31.9 Å². The van der Waals surface area contributed by atoms with Gasteiger partial charge in [0.25, 0.3) is 0 Å². The second-order valence-corrected chi connectivity index (χ2v) is 6.10. The highest BCUT2D eigenvalue weighted by molar-refractivity contribution is 6.45. The molecule has 0 heterocycles. The van der Waals surface area contributed by atoms with Crippen LogP contribution in [-0.2, 0) is 23.9 Å². The first kappa shape index (κ1) is 19.7. The molecule has 0 aliphatic rings. The molecule has 0 aliphatic heterocycles. The van der Waals surface area contributed by atoms with Gasteiger partial charge in [-0.25, -0.2) is 9.59 Å². The molecule has 0 fully saturated rings. The molecule has 0 bridgehead atoms. The number of nitrogens with zero attached hydrogens (tertiary/aromatic N) is 1. The van der Waals surface area contributed by atoms with E-state index in [0.717, 1.165) is 0 Å². The van der Waals surface area contributed by atoms with Crippen LogP contribution in [0.15, 0.2) is 34.5 Å². The Morgan fingerprint density at radius 2 is 1.75 bits per heavy atom. The minimum absolute atomic E-state index is 0.0412. The Kier molecular flexibility index (Phi) is 6.97. The molecule has 1 aromatic carbocycles. The predicted molar refractivity (Wildman–Crippen MR) is 91.7 cm³/mol. The Balaban J connectivity index is 3.27. The maximum atomic E-state index is 12.0. The SMILES string of the molecule is CON=C(C(=O)OC)c1ccccc1C=C(Cl)C(=O)OC(C)(C)C. The van der Waals surface area contributed by atoms with Gasteiger partial charge in [0.2, 0.25) is 0 Å². The summed E-state index contributed by atoms with van der Waals surface area (Å²) in [6.45, 7) is 5.22. The van der Waals surface area contributed by atoms with Gasteiger partial charge < -0.3 is 14.3 Å². The van der Waals surface area contributed by atoms with Crippen molar-refractivity contribution in [3.8, 4) is 0 Å².